The first-order valence-electron chi connectivity index (χ1n) is 7.01. The Bertz CT molecular complexity index is 646. The SMILES string of the molecule is Cc1nc[nH]c1C1CCN(c2ncccc2[N+](=O)[O-])CC1. The number of pyridine rings is 1. The van der Waals surface area contributed by atoms with Crippen molar-refractivity contribution in [3.05, 3.63) is 46.2 Å². The highest BCUT2D eigenvalue weighted by Crippen LogP contribution is 2.33. The van der Waals surface area contributed by atoms with Crippen molar-refractivity contribution in [2.75, 3.05) is 18.0 Å². The van der Waals surface area contributed by atoms with E-state index in [2.05, 4.69) is 15.0 Å². The first-order valence-corrected chi connectivity index (χ1v) is 7.01. The van der Waals surface area contributed by atoms with Crippen LogP contribution in [0.15, 0.2) is 24.7 Å². The maximum absolute atomic E-state index is 11.1. The molecule has 21 heavy (non-hydrogen) atoms. The van der Waals surface area contributed by atoms with Gasteiger partial charge >= 0.3 is 5.69 Å². The molecular formula is C14H17N5O2. The molecule has 3 rings (SSSR count). The van der Waals surface area contributed by atoms with Crippen LogP contribution >= 0.6 is 0 Å². The summed E-state index contributed by atoms with van der Waals surface area (Å²) in [6.07, 6.45) is 5.21. The number of aromatic amines is 1. The van der Waals surface area contributed by atoms with Gasteiger partial charge in [0.05, 0.1) is 16.9 Å². The topological polar surface area (TPSA) is 88.0 Å². The summed E-state index contributed by atoms with van der Waals surface area (Å²) in [4.78, 5) is 24.4. The Hall–Kier alpha value is -2.44. The number of nitrogens with one attached hydrogen (secondary N) is 1. The van der Waals surface area contributed by atoms with Gasteiger partial charge in [0.1, 0.15) is 0 Å². The van der Waals surface area contributed by atoms with Crippen LogP contribution in [0.25, 0.3) is 0 Å². The van der Waals surface area contributed by atoms with Gasteiger partial charge in [0.15, 0.2) is 0 Å². The highest BCUT2D eigenvalue weighted by Gasteiger charge is 2.27. The lowest BCUT2D eigenvalue weighted by atomic mass is 9.92. The Balaban J connectivity index is 1.75. The fourth-order valence-electron chi connectivity index (χ4n) is 2.94. The summed E-state index contributed by atoms with van der Waals surface area (Å²) >= 11 is 0. The van der Waals surface area contributed by atoms with Crippen LogP contribution < -0.4 is 4.90 Å². The molecular weight excluding hydrogens is 270 g/mol. The lowest BCUT2D eigenvalue weighted by Crippen LogP contribution is -2.34. The van der Waals surface area contributed by atoms with E-state index >= 15 is 0 Å². The Morgan fingerprint density at radius 2 is 2.14 bits per heavy atom. The van der Waals surface area contributed by atoms with E-state index in [-0.39, 0.29) is 10.6 Å². The Labute approximate surface area is 122 Å². The van der Waals surface area contributed by atoms with Gasteiger partial charge in [0.2, 0.25) is 5.82 Å². The fraction of sp³-hybridized carbons (Fsp3) is 0.429. The normalized spacial score (nSPS) is 16.1. The van der Waals surface area contributed by atoms with E-state index in [4.69, 9.17) is 0 Å². The van der Waals surface area contributed by atoms with Crippen LogP contribution in [0.2, 0.25) is 0 Å². The quantitative estimate of drug-likeness (QED) is 0.691. The van der Waals surface area contributed by atoms with E-state index in [0.29, 0.717) is 11.7 Å². The van der Waals surface area contributed by atoms with E-state index in [1.165, 1.54) is 11.8 Å². The monoisotopic (exact) mass is 287 g/mol. The predicted octanol–water partition coefficient (Wildman–Crippen LogP) is 2.41. The van der Waals surface area contributed by atoms with E-state index in [1.54, 1.807) is 18.6 Å². The molecule has 0 aromatic carbocycles. The molecule has 1 saturated heterocycles. The molecule has 3 heterocycles. The zero-order valence-corrected chi connectivity index (χ0v) is 11.8. The summed E-state index contributed by atoms with van der Waals surface area (Å²) in [6.45, 7) is 3.53. The van der Waals surface area contributed by atoms with Crippen molar-refractivity contribution in [1.82, 2.24) is 15.0 Å². The van der Waals surface area contributed by atoms with Crippen LogP contribution in [-0.2, 0) is 0 Å². The molecule has 7 nitrogen and oxygen atoms in total. The smallest absolute Gasteiger partial charge is 0.311 e. The molecule has 0 saturated carbocycles. The highest BCUT2D eigenvalue weighted by atomic mass is 16.6. The number of nitrogens with zero attached hydrogens (tertiary/aromatic N) is 4. The average molecular weight is 287 g/mol. The number of hydrogen-bond acceptors (Lipinski definition) is 5. The van der Waals surface area contributed by atoms with Crippen molar-refractivity contribution in [3.63, 3.8) is 0 Å². The van der Waals surface area contributed by atoms with Crippen LogP contribution in [-0.4, -0.2) is 33.0 Å². The minimum atomic E-state index is -0.368. The van der Waals surface area contributed by atoms with Crippen LogP contribution in [0.5, 0.6) is 0 Å². The molecule has 0 amide bonds. The van der Waals surface area contributed by atoms with Gasteiger partial charge in [-0.25, -0.2) is 9.97 Å². The third-order valence-electron chi connectivity index (χ3n) is 4.03. The van der Waals surface area contributed by atoms with Crippen molar-refractivity contribution in [3.8, 4) is 0 Å². The van der Waals surface area contributed by atoms with E-state index in [0.717, 1.165) is 31.6 Å². The summed E-state index contributed by atoms with van der Waals surface area (Å²) in [5.74, 6) is 0.911. The second-order valence-corrected chi connectivity index (χ2v) is 5.27. The summed E-state index contributed by atoms with van der Waals surface area (Å²) in [7, 11) is 0. The molecule has 1 aliphatic rings. The molecule has 110 valence electrons. The first-order chi connectivity index (χ1) is 10.2. The molecule has 1 aliphatic heterocycles. The van der Waals surface area contributed by atoms with Crippen LogP contribution in [0.3, 0.4) is 0 Å². The summed E-state index contributed by atoms with van der Waals surface area (Å²) in [5, 5.41) is 11.1. The molecule has 0 aliphatic carbocycles. The lowest BCUT2D eigenvalue weighted by molar-refractivity contribution is -0.384. The first kappa shape index (κ1) is 13.5. The van der Waals surface area contributed by atoms with E-state index in [9.17, 15) is 10.1 Å². The molecule has 0 radical (unpaired) electrons. The highest BCUT2D eigenvalue weighted by molar-refractivity contribution is 5.57. The molecule has 0 bridgehead atoms. The van der Waals surface area contributed by atoms with Gasteiger partial charge in [-0.3, -0.25) is 10.1 Å². The van der Waals surface area contributed by atoms with Crippen LogP contribution in [0, 0.1) is 17.0 Å². The van der Waals surface area contributed by atoms with Gasteiger partial charge < -0.3 is 9.88 Å². The van der Waals surface area contributed by atoms with Gasteiger partial charge in [-0.05, 0) is 25.8 Å². The summed E-state index contributed by atoms with van der Waals surface area (Å²) in [5.41, 5.74) is 2.30. The number of imidazole rings is 1. The minimum Gasteiger partial charge on any atom is -0.351 e. The summed E-state index contributed by atoms with van der Waals surface area (Å²) in [6, 6.07) is 3.11. The molecule has 2 aromatic heterocycles. The van der Waals surface area contributed by atoms with E-state index < -0.39 is 0 Å². The predicted molar refractivity (Wildman–Crippen MR) is 78.4 cm³/mol. The number of piperidine rings is 1. The maximum Gasteiger partial charge on any atom is 0.311 e. The number of nitro groups is 1. The van der Waals surface area contributed by atoms with Crippen molar-refractivity contribution in [1.29, 1.82) is 0 Å². The van der Waals surface area contributed by atoms with Gasteiger partial charge in [-0.15, -0.1) is 0 Å². The second-order valence-electron chi connectivity index (χ2n) is 5.27. The van der Waals surface area contributed by atoms with Crippen molar-refractivity contribution in [2.45, 2.75) is 25.7 Å². The number of H-pyrrole nitrogens is 1. The van der Waals surface area contributed by atoms with Crippen molar-refractivity contribution in [2.24, 2.45) is 0 Å². The average Bonchev–Trinajstić information content (AvgIpc) is 2.93. The number of anilines is 1. The molecule has 1 fully saturated rings. The summed E-state index contributed by atoms with van der Waals surface area (Å²) < 4.78 is 0. The molecule has 0 atom stereocenters. The zero-order valence-electron chi connectivity index (χ0n) is 11.8. The molecule has 0 unspecified atom stereocenters. The zero-order chi connectivity index (χ0) is 14.8. The third-order valence-corrected chi connectivity index (χ3v) is 4.03. The third kappa shape index (κ3) is 2.58. The largest absolute Gasteiger partial charge is 0.351 e. The second kappa shape index (κ2) is 5.51. The number of aromatic nitrogens is 3. The fourth-order valence-corrected chi connectivity index (χ4v) is 2.94. The molecule has 1 N–H and O–H groups in total. The number of hydrogen-bond donors (Lipinski definition) is 1. The minimum absolute atomic E-state index is 0.0775. The van der Waals surface area contributed by atoms with Gasteiger partial charge in [-0.1, -0.05) is 0 Å². The Morgan fingerprint density at radius 1 is 1.38 bits per heavy atom. The van der Waals surface area contributed by atoms with E-state index in [1.807, 2.05) is 11.8 Å². The van der Waals surface area contributed by atoms with Crippen LogP contribution in [0.4, 0.5) is 11.5 Å². The van der Waals surface area contributed by atoms with Crippen molar-refractivity contribution >= 4 is 11.5 Å². The maximum atomic E-state index is 11.1. The van der Waals surface area contributed by atoms with Gasteiger partial charge in [0, 0.05) is 37.0 Å². The Kier molecular flexibility index (Phi) is 3.55. The number of aryl methyl sites for hydroxylation is 1. The van der Waals surface area contributed by atoms with Gasteiger partial charge in [-0.2, -0.15) is 0 Å². The molecule has 2 aromatic rings. The Morgan fingerprint density at radius 3 is 2.76 bits per heavy atom. The standard InChI is InChI=1S/C14H17N5O2/c1-10-13(17-9-16-10)11-4-7-18(8-5-11)14-12(19(20)21)3-2-6-15-14/h2-3,6,9,11H,4-5,7-8H2,1H3,(H,16,17). The van der Waals surface area contributed by atoms with Crippen molar-refractivity contribution < 1.29 is 4.92 Å². The molecule has 0 spiro atoms. The van der Waals surface area contributed by atoms with Gasteiger partial charge in [0.25, 0.3) is 0 Å². The lowest BCUT2D eigenvalue weighted by Gasteiger charge is -2.32. The number of rotatable bonds is 3. The van der Waals surface area contributed by atoms with Crippen LogP contribution in [0.1, 0.15) is 30.1 Å². The molecule has 7 heteroatoms.